The van der Waals surface area contributed by atoms with Crippen LogP contribution in [-0.2, 0) is 4.79 Å². The van der Waals surface area contributed by atoms with Crippen LogP contribution in [0.1, 0.15) is 41.8 Å². The van der Waals surface area contributed by atoms with E-state index >= 15 is 0 Å². The smallest absolute Gasteiger partial charge is 0.307 e. The summed E-state index contributed by atoms with van der Waals surface area (Å²) in [5, 5.41) is 11.6. The van der Waals surface area contributed by atoms with Gasteiger partial charge in [-0.2, -0.15) is 0 Å². The highest BCUT2D eigenvalue weighted by molar-refractivity contribution is 7.10. The standard InChI is InChI=1S/C20H25NO3S/c1-3-24-17-9-5-4-8-16(17)19(18-11-14(2)13-25-18)21-10-6-7-15(12-21)20(22)23/h4-5,8-9,11,13,15,19H,3,6-7,10,12H2,1-2H3,(H,22,23). The normalized spacial score (nSPS) is 19.5. The average molecular weight is 359 g/mol. The second-order valence-corrected chi connectivity index (χ2v) is 7.51. The summed E-state index contributed by atoms with van der Waals surface area (Å²) >= 11 is 1.74. The first kappa shape index (κ1) is 18.0. The first-order valence-corrected chi connectivity index (χ1v) is 9.71. The number of aliphatic carboxylic acids is 1. The van der Waals surface area contributed by atoms with E-state index in [1.165, 1.54) is 10.4 Å². The predicted octanol–water partition coefficient (Wildman–Crippen LogP) is 4.34. The van der Waals surface area contributed by atoms with Crippen molar-refractivity contribution in [3.63, 3.8) is 0 Å². The van der Waals surface area contributed by atoms with E-state index in [1.54, 1.807) is 11.3 Å². The molecule has 5 heteroatoms. The summed E-state index contributed by atoms with van der Waals surface area (Å²) in [7, 11) is 0. The molecule has 0 radical (unpaired) electrons. The summed E-state index contributed by atoms with van der Waals surface area (Å²) < 4.78 is 5.87. The second kappa shape index (κ2) is 8.02. The van der Waals surface area contributed by atoms with Crippen molar-refractivity contribution in [1.29, 1.82) is 0 Å². The molecule has 0 saturated carbocycles. The molecule has 134 valence electrons. The maximum atomic E-state index is 11.5. The van der Waals surface area contributed by atoms with Crippen LogP contribution in [0.2, 0.25) is 0 Å². The van der Waals surface area contributed by atoms with Gasteiger partial charge >= 0.3 is 5.97 Å². The molecule has 0 bridgehead atoms. The number of ether oxygens (including phenoxy) is 1. The molecule has 1 aromatic heterocycles. The molecular weight excluding hydrogens is 334 g/mol. The molecule has 0 spiro atoms. The third-order valence-electron chi connectivity index (χ3n) is 4.70. The quantitative estimate of drug-likeness (QED) is 0.833. The lowest BCUT2D eigenvalue weighted by Crippen LogP contribution is -2.41. The van der Waals surface area contributed by atoms with Crippen LogP contribution in [0.15, 0.2) is 35.7 Å². The van der Waals surface area contributed by atoms with Gasteiger partial charge in [-0.05, 0) is 56.3 Å². The molecule has 1 aliphatic heterocycles. The summed E-state index contributed by atoms with van der Waals surface area (Å²) in [5.41, 5.74) is 2.36. The zero-order valence-electron chi connectivity index (χ0n) is 14.8. The highest BCUT2D eigenvalue weighted by Gasteiger charge is 2.33. The minimum Gasteiger partial charge on any atom is -0.494 e. The average Bonchev–Trinajstić information content (AvgIpc) is 3.03. The zero-order valence-corrected chi connectivity index (χ0v) is 15.6. The Kier molecular flexibility index (Phi) is 5.76. The highest BCUT2D eigenvalue weighted by Crippen LogP contribution is 2.39. The fourth-order valence-electron chi connectivity index (χ4n) is 3.56. The molecule has 2 heterocycles. The minimum atomic E-state index is -0.691. The number of carboxylic acid groups (broad SMARTS) is 1. The number of piperidine rings is 1. The number of nitrogens with zero attached hydrogens (tertiary/aromatic N) is 1. The molecule has 1 fully saturated rings. The zero-order chi connectivity index (χ0) is 17.8. The summed E-state index contributed by atoms with van der Waals surface area (Å²) in [4.78, 5) is 15.1. The monoisotopic (exact) mass is 359 g/mol. The second-order valence-electron chi connectivity index (χ2n) is 6.57. The lowest BCUT2D eigenvalue weighted by Gasteiger charge is -2.37. The van der Waals surface area contributed by atoms with E-state index < -0.39 is 5.97 Å². The van der Waals surface area contributed by atoms with E-state index in [2.05, 4.69) is 29.3 Å². The number of para-hydroxylation sites is 1. The lowest BCUT2D eigenvalue weighted by molar-refractivity contribution is -0.143. The molecule has 1 aliphatic rings. The van der Waals surface area contributed by atoms with Crippen molar-refractivity contribution in [1.82, 2.24) is 4.90 Å². The Hall–Kier alpha value is -1.85. The highest BCUT2D eigenvalue weighted by atomic mass is 32.1. The SMILES string of the molecule is CCOc1ccccc1C(c1cc(C)cs1)N1CCCC(C(=O)O)C1. The Balaban J connectivity index is 2.00. The molecule has 3 rings (SSSR count). The van der Waals surface area contributed by atoms with Gasteiger partial charge in [0.1, 0.15) is 5.75 Å². The van der Waals surface area contributed by atoms with Crippen molar-refractivity contribution < 1.29 is 14.6 Å². The van der Waals surface area contributed by atoms with Gasteiger partial charge in [0.15, 0.2) is 0 Å². The molecule has 0 aliphatic carbocycles. The summed E-state index contributed by atoms with van der Waals surface area (Å²) in [6.07, 6.45) is 1.67. The van der Waals surface area contributed by atoms with Crippen molar-refractivity contribution >= 4 is 17.3 Å². The van der Waals surface area contributed by atoms with E-state index in [0.29, 0.717) is 13.2 Å². The van der Waals surface area contributed by atoms with E-state index in [-0.39, 0.29) is 12.0 Å². The number of carboxylic acids is 1. The molecule has 1 saturated heterocycles. The molecule has 1 N–H and O–H groups in total. The molecule has 0 amide bonds. The predicted molar refractivity (Wildman–Crippen MR) is 100 cm³/mol. The molecule has 2 aromatic rings. The third-order valence-corrected chi connectivity index (χ3v) is 5.80. The maximum Gasteiger partial charge on any atom is 0.307 e. The van der Waals surface area contributed by atoms with Gasteiger partial charge in [-0.15, -0.1) is 11.3 Å². The Morgan fingerprint density at radius 3 is 2.92 bits per heavy atom. The number of hydrogen-bond acceptors (Lipinski definition) is 4. The van der Waals surface area contributed by atoms with Gasteiger partial charge in [-0.1, -0.05) is 18.2 Å². The van der Waals surface area contributed by atoms with Gasteiger partial charge in [0.05, 0.1) is 18.6 Å². The molecule has 4 nitrogen and oxygen atoms in total. The van der Waals surface area contributed by atoms with Crippen molar-refractivity contribution in [3.8, 4) is 5.75 Å². The van der Waals surface area contributed by atoms with Crippen LogP contribution >= 0.6 is 11.3 Å². The summed E-state index contributed by atoms with van der Waals surface area (Å²) in [6, 6.07) is 10.4. The van der Waals surface area contributed by atoms with E-state index in [1.807, 2.05) is 25.1 Å². The first-order valence-electron chi connectivity index (χ1n) is 8.83. The van der Waals surface area contributed by atoms with Crippen molar-refractivity contribution in [2.24, 2.45) is 5.92 Å². The van der Waals surface area contributed by atoms with Crippen LogP contribution in [0.3, 0.4) is 0 Å². The fraction of sp³-hybridized carbons (Fsp3) is 0.450. The number of carbonyl (C=O) groups is 1. The molecule has 25 heavy (non-hydrogen) atoms. The van der Waals surface area contributed by atoms with Gasteiger partial charge in [0, 0.05) is 17.0 Å². The Labute approximate surface area is 153 Å². The third kappa shape index (κ3) is 4.05. The molecule has 2 unspecified atom stereocenters. The Morgan fingerprint density at radius 2 is 2.24 bits per heavy atom. The van der Waals surface area contributed by atoms with Crippen LogP contribution in [-0.4, -0.2) is 35.7 Å². The van der Waals surface area contributed by atoms with Crippen LogP contribution in [0.4, 0.5) is 0 Å². The minimum absolute atomic E-state index is 0.0450. The van der Waals surface area contributed by atoms with Gasteiger partial charge in [0.2, 0.25) is 0 Å². The van der Waals surface area contributed by atoms with Crippen LogP contribution in [0.25, 0.3) is 0 Å². The van der Waals surface area contributed by atoms with Gasteiger partial charge < -0.3 is 9.84 Å². The van der Waals surface area contributed by atoms with Crippen molar-refractivity contribution in [3.05, 3.63) is 51.7 Å². The van der Waals surface area contributed by atoms with Crippen LogP contribution in [0, 0.1) is 12.8 Å². The number of thiophene rings is 1. The number of rotatable bonds is 6. The molecule has 2 atom stereocenters. The maximum absolute atomic E-state index is 11.5. The van der Waals surface area contributed by atoms with Gasteiger partial charge in [0.25, 0.3) is 0 Å². The molecule has 1 aromatic carbocycles. The fourth-order valence-corrected chi connectivity index (χ4v) is 4.61. The van der Waals surface area contributed by atoms with E-state index in [0.717, 1.165) is 30.7 Å². The number of aryl methyl sites for hydroxylation is 1. The topological polar surface area (TPSA) is 49.8 Å². The van der Waals surface area contributed by atoms with Gasteiger partial charge in [-0.3, -0.25) is 9.69 Å². The number of hydrogen-bond donors (Lipinski definition) is 1. The van der Waals surface area contributed by atoms with E-state index in [9.17, 15) is 9.90 Å². The van der Waals surface area contributed by atoms with Crippen molar-refractivity contribution in [2.75, 3.05) is 19.7 Å². The Morgan fingerprint density at radius 1 is 1.44 bits per heavy atom. The summed E-state index contributed by atoms with van der Waals surface area (Å²) in [6.45, 7) is 6.19. The lowest BCUT2D eigenvalue weighted by atomic mass is 9.93. The van der Waals surface area contributed by atoms with E-state index in [4.69, 9.17) is 4.74 Å². The Bertz CT molecular complexity index is 727. The van der Waals surface area contributed by atoms with Crippen LogP contribution < -0.4 is 4.74 Å². The van der Waals surface area contributed by atoms with Crippen LogP contribution in [0.5, 0.6) is 5.75 Å². The summed E-state index contributed by atoms with van der Waals surface area (Å²) in [5.74, 6) is -0.0982. The largest absolute Gasteiger partial charge is 0.494 e. The number of likely N-dealkylation sites (tertiary alicyclic amines) is 1. The first-order chi connectivity index (χ1) is 12.1. The van der Waals surface area contributed by atoms with Gasteiger partial charge in [-0.25, -0.2) is 0 Å². The molecular formula is C20H25NO3S. The van der Waals surface area contributed by atoms with Crippen molar-refractivity contribution in [2.45, 2.75) is 32.7 Å². The number of benzene rings is 1.